The number of hydrogen-bond donors (Lipinski definition) is 1. The summed E-state index contributed by atoms with van der Waals surface area (Å²) >= 11 is 9.10. The van der Waals surface area contributed by atoms with E-state index in [9.17, 15) is 9.18 Å². The van der Waals surface area contributed by atoms with Crippen LogP contribution in [-0.4, -0.2) is 5.91 Å². The smallest absolute Gasteiger partial charge is 0.253 e. The van der Waals surface area contributed by atoms with Crippen molar-refractivity contribution in [1.82, 2.24) is 5.32 Å². The third kappa shape index (κ3) is 3.21. The normalized spacial score (nSPS) is 12.1. The van der Waals surface area contributed by atoms with Gasteiger partial charge >= 0.3 is 0 Å². The summed E-state index contributed by atoms with van der Waals surface area (Å²) in [5.41, 5.74) is 1.28. The lowest BCUT2D eigenvalue weighted by atomic mass is 10.1. The summed E-state index contributed by atoms with van der Waals surface area (Å²) in [4.78, 5) is 13.5. The minimum absolute atomic E-state index is 0.104. The number of thiophene rings is 2. The van der Waals surface area contributed by atoms with Gasteiger partial charge in [0.1, 0.15) is 5.82 Å². The average molecular weight is 352 g/mol. The second-order valence-electron chi connectivity index (χ2n) is 4.60. The third-order valence-corrected chi connectivity index (χ3v) is 5.11. The van der Waals surface area contributed by atoms with Crippen LogP contribution in [0.3, 0.4) is 0 Å². The standard InChI is InChI=1S/C16H11ClFNOS2/c17-13-8-11(18)3-4-12(13)16(20)19-15(10-5-7-21-9-10)14-2-1-6-22-14/h1-9,15H,(H,19,20)/t15-/m1/s1. The Labute approximate surface area is 140 Å². The van der Waals surface area contributed by atoms with Gasteiger partial charge in [0.05, 0.1) is 16.6 Å². The molecule has 0 fully saturated rings. The Kier molecular flexibility index (Phi) is 4.57. The van der Waals surface area contributed by atoms with Crippen molar-refractivity contribution >= 4 is 40.2 Å². The largest absolute Gasteiger partial charge is 0.340 e. The Hall–Kier alpha value is -1.69. The zero-order valence-electron chi connectivity index (χ0n) is 11.3. The molecule has 2 heterocycles. The first-order valence-electron chi connectivity index (χ1n) is 6.46. The summed E-state index contributed by atoms with van der Waals surface area (Å²) in [6, 6.07) is 9.41. The van der Waals surface area contributed by atoms with Crippen LogP contribution in [0.2, 0.25) is 5.02 Å². The lowest BCUT2D eigenvalue weighted by Crippen LogP contribution is -2.28. The van der Waals surface area contributed by atoms with Crippen LogP contribution in [0.4, 0.5) is 4.39 Å². The quantitative estimate of drug-likeness (QED) is 0.694. The van der Waals surface area contributed by atoms with Gasteiger partial charge in [0, 0.05) is 4.88 Å². The Balaban J connectivity index is 1.89. The Morgan fingerprint density at radius 2 is 2.09 bits per heavy atom. The molecule has 0 radical (unpaired) electrons. The topological polar surface area (TPSA) is 29.1 Å². The summed E-state index contributed by atoms with van der Waals surface area (Å²) in [6.45, 7) is 0. The Morgan fingerprint density at radius 3 is 2.73 bits per heavy atom. The van der Waals surface area contributed by atoms with E-state index in [1.807, 2.05) is 34.3 Å². The first kappa shape index (κ1) is 15.2. The summed E-state index contributed by atoms with van der Waals surface area (Å²) in [6.07, 6.45) is 0. The van der Waals surface area contributed by atoms with Crippen molar-refractivity contribution < 1.29 is 9.18 Å². The van der Waals surface area contributed by atoms with Gasteiger partial charge in [0.25, 0.3) is 5.91 Å². The average Bonchev–Trinajstić information content (AvgIpc) is 3.18. The molecule has 2 aromatic heterocycles. The Bertz CT molecular complexity index is 737. The van der Waals surface area contributed by atoms with Gasteiger partial charge in [-0.25, -0.2) is 4.39 Å². The number of nitrogens with one attached hydrogen (secondary N) is 1. The van der Waals surface area contributed by atoms with E-state index in [2.05, 4.69) is 5.32 Å². The zero-order chi connectivity index (χ0) is 15.5. The molecule has 1 amide bonds. The van der Waals surface area contributed by atoms with Gasteiger partial charge in [0.15, 0.2) is 0 Å². The van der Waals surface area contributed by atoms with E-state index in [0.717, 1.165) is 16.5 Å². The fourth-order valence-electron chi connectivity index (χ4n) is 2.10. The van der Waals surface area contributed by atoms with Crippen molar-refractivity contribution in [3.8, 4) is 0 Å². The summed E-state index contributed by atoms with van der Waals surface area (Å²) in [5, 5.41) is 9.00. The van der Waals surface area contributed by atoms with Crippen molar-refractivity contribution in [3.63, 3.8) is 0 Å². The molecule has 0 aliphatic rings. The number of carbonyl (C=O) groups excluding carboxylic acids is 1. The summed E-state index contributed by atoms with van der Waals surface area (Å²) in [5.74, 6) is -0.788. The lowest BCUT2D eigenvalue weighted by Gasteiger charge is -2.17. The molecule has 0 bridgehead atoms. The van der Waals surface area contributed by atoms with E-state index < -0.39 is 5.82 Å². The van der Waals surface area contributed by atoms with Gasteiger partial charge in [-0.2, -0.15) is 11.3 Å². The van der Waals surface area contributed by atoms with Gasteiger partial charge < -0.3 is 5.32 Å². The molecule has 0 spiro atoms. The van der Waals surface area contributed by atoms with Crippen LogP contribution in [0.5, 0.6) is 0 Å². The monoisotopic (exact) mass is 351 g/mol. The Morgan fingerprint density at radius 1 is 1.23 bits per heavy atom. The molecule has 3 rings (SSSR count). The van der Waals surface area contributed by atoms with Crippen molar-refractivity contribution in [2.24, 2.45) is 0 Å². The highest BCUT2D eigenvalue weighted by Gasteiger charge is 2.20. The molecule has 0 unspecified atom stereocenters. The van der Waals surface area contributed by atoms with Gasteiger partial charge in [0.2, 0.25) is 0 Å². The fourth-order valence-corrected chi connectivity index (χ4v) is 3.84. The molecule has 1 aromatic carbocycles. The number of benzene rings is 1. The molecule has 22 heavy (non-hydrogen) atoms. The number of halogens is 2. The first-order chi connectivity index (χ1) is 10.6. The van der Waals surface area contributed by atoms with Crippen LogP contribution < -0.4 is 5.32 Å². The first-order valence-corrected chi connectivity index (χ1v) is 8.66. The van der Waals surface area contributed by atoms with E-state index in [1.54, 1.807) is 22.7 Å². The van der Waals surface area contributed by atoms with Crippen LogP contribution in [0.15, 0.2) is 52.5 Å². The lowest BCUT2D eigenvalue weighted by molar-refractivity contribution is 0.0943. The van der Waals surface area contributed by atoms with E-state index in [-0.39, 0.29) is 22.5 Å². The SMILES string of the molecule is O=C(N[C@H](c1ccsc1)c1cccs1)c1ccc(F)cc1Cl. The maximum atomic E-state index is 13.1. The second-order valence-corrected chi connectivity index (χ2v) is 6.77. The molecule has 3 aromatic rings. The van der Waals surface area contributed by atoms with Crippen LogP contribution in [0, 0.1) is 5.82 Å². The molecule has 0 saturated heterocycles. The van der Waals surface area contributed by atoms with Crippen LogP contribution in [-0.2, 0) is 0 Å². The third-order valence-electron chi connectivity index (χ3n) is 3.16. The summed E-state index contributed by atoms with van der Waals surface area (Å²) in [7, 11) is 0. The van der Waals surface area contributed by atoms with Gasteiger partial charge in [-0.1, -0.05) is 17.7 Å². The highest BCUT2D eigenvalue weighted by atomic mass is 35.5. The van der Waals surface area contributed by atoms with Crippen molar-refractivity contribution in [2.75, 3.05) is 0 Å². The van der Waals surface area contributed by atoms with Crippen LogP contribution in [0.1, 0.15) is 26.8 Å². The van der Waals surface area contributed by atoms with Crippen molar-refractivity contribution in [2.45, 2.75) is 6.04 Å². The predicted molar refractivity (Wildman–Crippen MR) is 89.4 cm³/mol. The van der Waals surface area contributed by atoms with E-state index in [0.29, 0.717) is 0 Å². The zero-order valence-corrected chi connectivity index (χ0v) is 13.6. The minimum Gasteiger partial charge on any atom is -0.340 e. The number of carbonyl (C=O) groups is 1. The van der Waals surface area contributed by atoms with Gasteiger partial charge in [-0.3, -0.25) is 4.79 Å². The van der Waals surface area contributed by atoms with Crippen LogP contribution >= 0.6 is 34.3 Å². The molecule has 1 atom stereocenters. The molecule has 6 heteroatoms. The number of rotatable bonds is 4. The molecule has 112 valence electrons. The number of hydrogen-bond acceptors (Lipinski definition) is 3. The highest BCUT2D eigenvalue weighted by molar-refractivity contribution is 7.10. The molecular formula is C16H11ClFNOS2. The molecule has 0 saturated carbocycles. The van der Waals surface area contributed by atoms with E-state index >= 15 is 0 Å². The van der Waals surface area contributed by atoms with Gasteiger partial charge in [-0.05, 0) is 52.0 Å². The fraction of sp³-hybridized carbons (Fsp3) is 0.0625. The van der Waals surface area contributed by atoms with E-state index in [1.165, 1.54) is 12.1 Å². The molecular weight excluding hydrogens is 341 g/mol. The van der Waals surface area contributed by atoms with Crippen LogP contribution in [0.25, 0.3) is 0 Å². The maximum Gasteiger partial charge on any atom is 0.253 e. The molecule has 2 nitrogen and oxygen atoms in total. The van der Waals surface area contributed by atoms with Crippen molar-refractivity contribution in [1.29, 1.82) is 0 Å². The highest BCUT2D eigenvalue weighted by Crippen LogP contribution is 2.28. The minimum atomic E-state index is -0.464. The summed E-state index contributed by atoms with van der Waals surface area (Å²) < 4.78 is 13.1. The molecule has 0 aliphatic heterocycles. The van der Waals surface area contributed by atoms with Gasteiger partial charge in [-0.15, -0.1) is 11.3 Å². The predicted octanol–water partition coefficient (Wildman–Crippen LogP) is 5.12. The van der Waals surface area contributed by atoms with Crippen molar-refractivity contribution in [3.05, 3.63) is 79.4 Å². The maximum absolute atomic E-state index is 13.1. The molecule has 1 N–H and O–H groups in total. The molecule has 0 aliphatic carbocycles. The van der Waals surface area contributed by atoms with E-state index in [4.69, 9.17) is 11.6 Å². The second kappa shape index (κ2) is 6.60. The number of amides is 1.